The number of allylic oxidation sites excluding steroid dienone is 2. The largest absolute Gasteiger partial charge is 0.494 e. The van der Waals surface area contributed by atoms with E-state index >= 15 is 0 Å². The molecule has 0 radical (unpaired) electrons. The smallest absolute Gasteiger partial charge is 0.115 e. The van der Waals surface area contributed by atoms with E-state index in [0.717, 1.165) is 18.8 Å². The van der Waals surface area contributed by atoms with E-state index in [4.69, 9.17) is 9.84 Å². The molecule has 0 aromatic rings. The van der Waals surface area contributed by atoms with Crippen LogP contribution >= 0.6 is 0 Å². The summed E-state index contributed by atoms with van der Waals surface area (Å²) in [5.74, 6) is 1.65. The van der Waals surface area contributed by atoms with E-state index in [9.17, 15) is 0 Å². The highest BCUT2D eigenvalue weighted by Gasteiger charge is 2.11. The average Bonchev–Trinajstić information content (AvgIpc) is 2.19. The molecule has 1 atom stereocenters. The lowest BCUT2D eigenvalue weighted by Gasteiger charge is -2.20. The van der Waals surface area contributed by atoms with Gasteiger partial charge in [0.15, 0.2) is 0 Å². The third-order valence-corrected chi connectivity index (χ3v) is 2.29. The highest BCUT2D eigenvalue weighted by Crippen LogP contribution is 2.19. The molecule has 0 aromatic heterocycles. The Hall–Kier alpha value is -0.760. The average molecular weight is 182 g/mol. The van der Waals surface area contributed by atoms with Crippen LogP contribution in [-0.2, 0) is 4.74 Å². The van der Waals surface area contributed by atoms with E-state index in [1.165, 1.54) is 6.42 Å². The summed E-state index contributed by atoms with van der Waals surface area (Å²) < 4.78 is 5.52. The van der Waals surface area contributed by atoms with Gasteiger partial charge in [-0.25, -0.2) is 0 Å². The van der Waals surface area contributed by atoms with E-state index in [0.29, 0.717) is 12.3 Å². The number of aliphatic hydroxyl groups excluding tert-OH is 1. The van der Waals surface area contributed by atoms with Gasteiger partial charge in [0, 0.05) is 6.61 Å². The summed E-state index contributed by atoms with van der Waals surface area (Å²) in [6, 6.07) is 0. The zero-order valence-corrected chi connectivity index (χ0v) is 8.20. The Labute approximate surface area is 79.9 Å². The van der Waals surface area contributed by atoms with Gasteiger partial charge < -0.3 is 9.84 Å². The molecule has 1 unspecified atom stereocenters. The molecule has 1 aliphatic heterocycles. The molecule has 13 heavy (non-hydrogen) atoms. The lowest BCUT2D eigenvalue weighted by Crippen LogP contribution is -2.12. The van der Waals surface area contributed by atoms with E-state index in [1.807, 2.05) is 12.2 Å². The van der Waals surface area contributed by atoms with Crippen LogP contribution in [0.5, 0.6) is 0 Å². The van der Waals surface area contributed by atoms with Crippen molar-refractivity contribution in [3.63, 3.8) is 0 Å². The maximum absolute atomic E-state index is 8.56. The van der Waals surface area contributed by atoms with Crippen molar-refractivity contribution in [3.8, 4) is 0 Å². The first-order chi connectivity index (χ1) is 6.36. The van der Waals surface area contributed by atoms with Crippen molar-refractivity contribution in [2.45, 2.75) is 26.2 Å². The summed E-state index contributed by atoms with van der Waals surface area (Å²) in [5.41, 5.74) is 0. The second-order valence-corrected chi connectivity index (χ2v) is 3.34. The molecular formula is C11H18O2. The summed E-state index contributed by atoms with van der Waals surface area (Å²) in [5, 5.41) is 8.56. The third kappa shape index (κ3) is 3.64. The molecule has 1 N–H and O–H groups in total. The van der Waals surface area contributed by atoms with Crippen molar-refractivity contribution >= 4 is 0 Å². The second kappa shape index (κ2) is 5.81. The fourth-order valence-corrected chi connectivity index (χ4v) is 1.30. The maximum Gasteiger partial charge on any atom is 0.115 e. The first-order valence-electron chi connectivity index (χ1n) is 4.97. The summed E-state index contributed by atoms with van der Waals surface area (Å²) >= 11 is 0. The Morgan fingerprint density at radius 1 is 1.69 bits per heavy atom. The molecule has 0 aliphatic carbocycles. The first kappa shape index (κ1) is 10.3. The van der Waals surface area contributed by atoms with Gasteiger partial charge >= 0.3 is 0 Å². The number of ether oxygens (including phenoxy) is 1. The number of hydrogen-bond donors (Lipinski definition) is 1. The van der Waals surface area contributed by atoms with Gasteiger partial charge in [-0.1, -0.05) is 13.0 Å². The summed E-state index contributed by atoms with van der Waals surface area (Å²) in [4.78, 5) is 0. The van der Waals surface area contributed by atoms with Crippen LogP contribution in [0, 0.1) is 5.92 Å². The van der Waals surface area contributed by atoms with Gasteiger partial charge in [-0.15, -0.1) is 0 Å². The molecule has 0 aromatic carbocycles. The third-order valence-electron chi connectivity index (χ3n) is 2.29. The van der Waals surface area contributed by atoms with Gasteiger partial charge in [0.2, 0.25) is 0 Å². The minimum atomic E-state index is 0.210. The maximum atomic E-state index is 8.56. The highest BCUT2D eigenvalue weighted by molar-refractivity contribution is 5.13. The standard InChI is InChI=1S/C11H18O2/c1-2-10-6-7-11(13-9-10)5-3-4-8-12/h3,5,7,10,12H,2,4,6,8-9H2,1H3/b5-3+. The first-order valence-corrected chi connectivity index (χ1v) is 4.97. The van der Waals surface area contributed by atoms with Gasteiger partial charge in [0.1, 0.15) is 5.76 Å². The van der Waals surface area contributed by atoms with E-state index in [2.05, 4.69) is 13.0 Å². The van der Waals surface area contributed by atoms with Gasteiger partial charge in [-0.05, 0) is 37.3 Å². The molecule has 1 aliphatic rings. The highest BCUT2D eigenvalue weighted by atomic mass is 16.5. The SMILES string of the molecule is CCC1CC=C(/C=C/CCO)OC1. The predicted molar refractivity (Wildman–Crippen MR) is 53.3 cm³/mol. The Morgan fingerprint density at radius 3 is 3.08 bits per heavy atom. The number of aliphatic hydroxyl groups is 1. The summed E-state index contributed by atoms with van der Waals surface area (Å²) in [6.45, 7) is 3.24. The van der Waals surface area contributed by atoms with Gasteiger partial charge in [-0.2, -0.15) is 0 Å². The van der Waals surface area contributed by atoms with Crippen LogP contribution in [0.4, 0.5) is 0 Å². The van der Waals surface area contributed by atoms with Crippen molar-refractivity contribution in [2.75, 3.05) is 13.2 Å². The van der Waals surface area contributed by atoms with E-state index < -0.39 is 0 Å². The minimum Gasteiger partial charge on any atom is -0.494 e. The van der Waals surface area contributed by atoms with Crippen molar-refractivity contribution < 1.29 is 9.84 Å². The molecule has 1 heterocycles. The predicted octanol–water partition coefficient (Wildman–Crippen LogP) is 2.26. The zero-order valence-electron chi connectivity index (χ0n) is 8.20. The van der Waals surface area contributed by atoms with Crippen LogP contribution in [0.3, 0.4) is 0 Å². The Bertz CT molecular complexity index is 194. The van der Waals surface area contributed by atoms with Gasteiger partial charge in [0.05, 0.1) is 6.61 Å². The normalized spacial score (nSPS) is 22.9. The molecule has 0 amide bonds. The van der Waals surface area contributed by atoms with Crippen molar-refractivity contribution in [1.29, 1.82) is 0 Å². The molecule has 1 rings (SSSR count). The minimum absolute atomic E-state index is 0.210. The molecule has 0 spiro atoms. The van der Waals surface area contributed by atoms with Crippen molar-refractivity contribution in [2.24, 2.45) is 5.92 Å². The number of rotatable bonds is 4. The van der Waals surface area contributed by atoms with Crippen LogP contribution in [-0.4, -0.2) is 18.3 Å². The van der Waals surface area contributed by atoms with E-state index in [-0.39, 0.29) is 6.61 Å². The Morgan fingerprint density at radius 2 is 2.54 bits per heavy atom. The Balaban J connectivity index is 2.32. The van der Waals surface area contributed by atoms with Crippen LogP contribution in [0.1, 0.15) is 26.2 Å². The molecule has 2 heteroatoms. The van der Waals surface area contributed by atoms with Crippen molar-refractivity contribution in [1.82, 2.24) is 0 Å². The Kier molecular flexibility index (Phi) is 4.61. The molecular weight excluding hydrogens is 164 g/mol. The molecule has 0 saturated carbocycles. The molecule has 0 fully saturated rings. The molecule has 74 valence electrons. The number of hydrogen-bond acceptors (Lipinski definition) is 2. The zero-order chi connectivity index (χ0) is 9.52. The van der Waals surface area contributed by atoms with E-state index in [1.54, 1.807) is 0 Å². The molecule has 2 nitrogen and oxygen atoms in total. The summed E-state index contributed by atoms with van der Waals surface area (Å²) in [7, 11) is 0. The fourth-order valence-electron chi connectivity index (χ4n) is 1.30. The van der Waals surface area contributed by atoms with Crippen LogP contribution in [0.15, 0.2) is 24.0 Å². The van der Waals surface area contributed by atoms with Gasteiger partial charge in [-0.3, -0.25) is 0 Å². The topological polar surface area (TPSA) is 29.5 Å². The van der Waals surface area contributed by atoms with Crippen molar-refractivity contribution in [3.05, 3.63) is 24.0 Å². The van der Waals surface area contributed by atoms with Crippen LogP contribution < -0.4 is 0 Å². The quantitative estimate of drug-likeness (QED) is 0.722. The molecule has 0 saturated heterocycles. The second-order valence-electron chi connectivity index (χ2n) is 3.34. The monoisotopic (exact) mass is 182 g/mol. The summed E-state index contributed by atoms with van der Waals surface area (Å²) in [6.07, 6.45) is 9.03. The fraction of sp³-hybridized carbons (Fsp3) is 0.636. The van der Waals surface area contributed by atoms with Crippen LogP contribution in [0.25, 0.3) is 0 Å². The molecule has 0 bridgehead atoms. The lowest BCUT2D eigenvalue weighted by molar-refractivity contribution is 0.154. The van der Waals surface area contributed by atoms with Crippen LogP contribution in [0.2, 0.25) is 0 Å². The lowest BCUT2D eigenvalue weighted by atomic mass is 10.0. The van der Waals surface area contributed by atoms with Gasteiger partial charge in [0.25, 0.3) is 0 Å².